The average molecular weight is 306 g/mol. The van der Waals surface area contributed by atoms with Crippen LogP contribution in [-0.4, -0.2) is 39.0 Å². The van der Waals surface area contributed by atoms with Crippen molar-refractivity contribution in [2.75, 3.05) is 26.0 Å². The molecule has 0 radical (unpaired) electrons. The number of nitrogens with two attached hydrogens (primary N) is 1. The van der Waals surface area contributed by atoms with E-state index in [1.807, 2.05) is 0 Å². The summed E-state index contributed by atoms with van der Waals surface area (Å²) in [5, 5.41) is 0. The number of nitrogens with zero attached hydrogens (tertiary/aromatic N) is 1. The number of sulfonamides is 1. The first-order valence-corrected chi connectivity index (χ1v) is 7.58. The zero-order chi connectivity index (χ0) is 14.9. The topological polar surface area (TPSA) is 72.6 Å². The van der Waals surface area contributed by atoms with E-state index < -0.39 is 32.2 Å². The first-order valence-electron chi connectivity index (χ1n) is 6.14. The van der Waals surface area contributed by atoms with Crippen molar-refractivity contribution in [3.63, 3.8) is 0 Å². The molecule has 112 valence electrons. The van der Waals surface area contributed by atoms with Crippen LogP contribution in [0.5, 0.6) is 0 Å². The molecule has 1 aromatic rings. The molecular formula is C12H16F2N2O3S. The van der Waals surface area contributed by atoms with Crippen LogP contribution in [0, 0.1) is 11.6 Å². The number of hydrogen-bond acceptors (Lipinski definition) is 4. The van der Waals surface area contributed by atoms with Gasteiger partial charge < -0.3 is 10.5 Å². The van der Waals surface area contributed by atoms with Gasteiger partial charge in [0.05, 0.1) is 5.69 Å². The van der Waals surface area contributed by atoms with Crippen LogP contribution in [0.2, 0.25) is 0 Å². The molecule has 0 aliphatic carbocycles. The van der Waals surface area contributed by atoms with Gasteiger partial charge in [-0.25, -0.2) is 17.2 Å². The lowest BCUT2D eigenvalue weighted by Gasteiger charge is -2.30. The van der Waals surface area contributed by atoms with Crippen molar-refractivity contribution in [2.24, 2.45) is 0 Å². The van der Waals surface area contributed by atoms with Crippen molar-refractivity contribution < 1.29 is 21.9 Å². The van der Waals surface area contributed by atoms with Gasteiger partial charge in [0.25, 0.3) is 0 Å². The number of nitrogen functional groups attached to an aromatic ring is 1. The Morgan fingerprint density at radius 3 is 2.45 bits per heavy atom. The molecule has 0 bridgehead atoms. The zero-order valence-electron chi connectivity index (χ0n) is 11.0. The molecule has 0 aromatic heterocycles. The standard InChI is InChI=1S/C12H16F2N2O3S/c1-16(8-2-4-19-5-3-8)20(17,18)12-7-11(15)9(13)6-10(12)14/h6-8H,2-5,15H2,1H3. The third kappa shape index (κ3) is 2.77. The van der Waals surface area contributed by atoms with Gasteiger partial charge in [-0.3, -0.25) is 0 Å². The van der Waals surface area contributed by atoms with Gasteiger partial charge in [0.1, 0.15) is 16.5 Å². The maximum Gasteiger partial charge on any atom is 0.246 e. The van der Waals surface area contributed by atoms with Gasteiger partial charge >= 0.3 is 0 Å². The summed E-state index contributed by atoms with van der Waals surface area (Å²) in [6, 6.07) is 1.04. The van der Waals surface area contributed by atoms with Gasteiger partial charge in [-0.1, -0.05) is 0 Å². The molecule has 0 spiro atoms. The van der Waals surface area contributed by atoms with Crippen molar-refractivity contribution in [2.45, 2.75) is 23.8 Å². The van der Waals surface area contributed by atoms with Crippen molar-refractivity contribution in [3.8, 4) is 0 Å². The van der Waals surface area contributed by atoms with Crippen LogP contribution in [0.3, 0.4) is 0 Å². The molecule has 1 aromatic carbocycles. The molecule has 1 aliphatic rings. The average Bonchev–Trinajstić information content (AvgIpc) is 2.42. The number of benzene rings is 1. The second-order valence-electron chi connectivity index (χ2n) is 4.67. The van der Waals surface area contributed by atoms with Crippen molar-refractivity contribution in [1.29, 1.82) is 0 Å². The number of hydrogen-bond donors (Lipinski definition) is 1. The van der Waals surface area contributed by atoms with E-state index >= 15 is 0 Å². The molecule has 2 rings (SSSR count). The lowest BCUT2D eigenvalue weighted by Crippen LogP contribution is -2.40. The van der Waals surface area contributed by atoms with Crippen LogP contribution in [0.1, 0.15) is 12.8 Å². The highest BCUT2D eigenvalue weighted by Crippen LogP contribution is 2.26. The molecule has 20 heavy (non-hydrogen) atoms. The van der Waals surface area contributed by atoms with E-state index in [4.69, 9.17) is 10.5 Å². The molecule has 1 heterocycles. The third-order valence-corrected chi connectivity index (χ3v) is 5.34. The molecular weight excluding hydrogens is 290 g/mol. The smallest absolute Gasteiger partial charge is 0.246 e. The summed E-state index contributed by atoms with van der Waals surface area (Å²) >= 11 is 0. The van der Waals surface area contributed by atoms with E-state index in [-0.39, 0.29) is 6.04 Å². The van der Waals surface area contributed by atoms with Crippen LogP contribution < -0.4 is 5.73 Å². The fourth-order valence-corrected chi connectivity index (χ4v) is 3.64. The number of halogens is 2. The molecule has 2 N–H and O–H groups in total. The van der Waals surface area contributed by atoms with Gasteiger partial charge in [-0.05, 0) is 18.9 Å². The Bertz CT molecular complexity index is 601. The fraction of sp³-hybridized carbons (Fsp3) is 0.500. The molecule has 8 heteroatoms. The Labute approximate surface area is 116 Å². The maximum absolute atomic E-state index is 13.7. The Balaban J connectivity index is 2.36. The summed E-state index contributed by atoms with van der Waals surface area (Å²) in [6.45, 7) is 0.914. The van der Waals surface area contributed by atoms with Crippen molar-refractivity contribution in [1.82, 2.24) is 4.31 Å². The first kappa shape index (κ1) is 15.1. The van der Waals surface area contributed by atoms with Gasteiger partial charge in [0, 0.05) is 32.4 Å². The first-order chi connectivity index (χ1) is 9.34. The minimum atomic E-state index is -4.05. The molecule has 1 aliphatic heterocycles. The quantitative estimate of drug-likeness (QED) is 0.856. The molecule has 0 amide bonds. The largest absolute Gasteiger partial charge is 0.396 e. The number of rotatable bonds is 3. The summed E-state index contributed by atoms with van der Waals surface area (Å²) in [6.07, 6.45) is 1.07. The molecule has 0 atom stereocenters. The molecule has 1 fully saturated rings. The fourth-order valence-electron chi connectivity index (χ4n) is 2.14. The van der Waals surface area contributed by atoms with Crippen molar-refractivity contribution in [3.05, 3.63) is 23.8 Å². The van der Waals surface area contributed by atoms with E-state index in [1.54, 1.807) is 0 Å². The predicted octanol–water partition coefficient (Wildman–Crippen LogP) is 1.35. The molecule has 0 unspecified atom stereocenters. The monoisotopic (exact) mass is 306 g/mol. The minimum Gasteiger partial charge on any atom is -0.396 e. The summed E-state index contributed by atoms with van der Waals surface area (Å²) in [5.74, 6) is -2.12. The van der Waals surface area contributed by atoms with E-state index in [0.717, 1.165) is 10.4 Å². The Kier molecular flexibility index (Phi) is 4.26. The van der Waals surface area contributed by atoms with Crippen LogP contribution in [0.25, 0.3) is 0 Å². The van der Waals surface area contributed by atoms with E-state index in [9.17, 15) is 17.2 Å². The number of ether oxygens (including phenoxy) is 1. The summed E-state index contributed by atoms with van der Waals surface area (Å²) in [4.78, 5) is -0.606. The molecule has 1 saturated heterocycles. The van der Waals surface area contributed by atoms with Gasteiger partial charge in [-0.2, -0.15) is 4.31 Å². The van der Waals surface area contributed by atoms with E-state index in [1.165, 1.54) is 7.05 Å². The Morgan fingerprint density at radius 1 is 1.25 bits per heavy atom. The minimum absolute atomic E-state index is 0.264. The summed E-state index contributed by atoms with van der Waals surface area (Å²) in [7, 11) is -2.67. The predicted molar refractivity (Wildman–Crippen MR) is 69.6 cm³/mol. The van der Waals surface area contributed by atoms with Crippen LogP contribution in [-0.2, 0) is 14.8 Å². The number of anilines is 1. The van der Waals surface area contributed by atoms with E-state index in [2.05, 4.69) is 0 Å². The van der Waals surface area contributed by atoms with Gasteiger partial charge in [-0.15, -0.1) is 0 Å². The molecule has 5 nitrogen and oxygen atoms in total. The lowest BCUT2D eigenvalue weighted by atomic mass is 10.1. The SMILES string of the molecule is CN(C1CCOCC1)S(=O)(=O)c1cc(N)c(F)cc1F. The Hall–Kier alpha value is -1.25. The highest BCUT2D eigenvalue weighted by atomic mass is 32.2. The van der Waals surface area contributed by atoms with Gasteiger partial charge in [0.15, 0.2) is 0 Å². The van der Waals surface area contributed by atoms with Gasteiger partial charge in [0.2, 0.25) is 10.0 Å². The maximum atomic E-state index is 13.7. The summed E-state index contributed by atoms with van der Waals surface area (Å²) in [5.41, 5.74) is 4.92. The normalized spacial score (nSPS) is 17.6. The van der Waals surface area contributed by atoms with Crippen LogP contribution in [0.15, 0.2) is 17.0 Å². The third-order valence-electron chi connectivity index (χ3n) is 3.41. The second-order valence-corrected chi connectivity index (χ2v) is 6.63. The van der Waals surface area contributed by atoms with E-state index in [0.29, 0.717) is 32.1 Å². The zero-order valence-corrected chi connectivity index (χ0v) is 11.8. The van der Waals surface area contributed by atoms with Crippen molar-refractivity contribution >= 4 is 15.7 Å². The summed E-state index contributed by atoms with van der Waals surface area (Å²) < 4.78 is 57.9. The van der Waals surface area contributed by atoms with Crippen LogP contribution in [0.4, 0.5) is 14.5 Å². The second kappa shape index (κ2) is 5.63. The molecule has 0 saturated carbocycles. The highest BCUT2D eigenvalue weighted by Gasteiger charge is 2.32. The lowest BCUT2D eigenvalue weighted by molar-refractivity contribution is 0.0631. The van der Waals surface area contributed by atoms with Crippen LogP contribution >= 0.6 is 0 Å². The highest BCUT2D eigenvalue weighted by molar-refractivity contribution is 7.89. The Morgan fingerprint density at radius 2 is 1.85 bits per heavy atom.